The van der Waals surface area contributed by atoms with Crippen LogP contribution in [-0.4, -0.2) is 24.5 Å². The summed E-state index contributed by atoms with van der Waals surface area (Å²) >= 11 is 0. The van der Waals surface area contributed by atoms with Gasteiger partial charge in [0.1, 0.15) is 11.3 Å². The molecule has 0 aliphatic rings. The van der Waals surface area contributed by atoms with Crippen molar-refractivity contribution < 1.29 is 4.42 Å². The average molecular weight is 592 g/mol. The number of hydrogen-bond donors (Lipinski definition) is 0. The Morgan fingerprint density at radius 1 is 0.500 bits per heavy atom. The first-order chi connectivity index (χ1) is 22.8. The predicted molar refractivity (Wildman–Crippen MR) is 183 cm³/mol. The third kappa shape index (κ3) is 4.35. The van der Waals surface area contributed by atoms with Crippen LogP contribution in [0.5, 0.6) is 0 Å². The van der Waals surface area contributed by atoms with Crippen LogP contribution in [0.4, 0.5) is 0 Å². The molecule has 6 nitrogen and oxygen atoms in total. The van der Waals surface area contributed by atoms with Crippen molar-refractivity contribution in [3.63, 3.8) is 0 Å². The van der Waals surface area contributed by atoms with Gasteiger partial charge in [-0.1, -0.05) is 60.7 Å². The molecule has 0 radical (unpaired) electrons. The Bertz CT molecular complexity index is 2460. The van der Waals surface area contributed by atoms with Gasteiger partial charge >= 0.3 is 0 Å². The molecule has 5 heterocycles. The second kappa shape index (κ2) is 10.6. The fourth-order valence-electron chi connectivity index (χ4n) is 6.27. The highest BCUT2D eigenvalue weighted by Gasteiger charge is 2.19. The monoisotopic (exact) mass is 591 g/mol. The van der Waals surface area contributed by atoms with Crippen molar-refractivity contribution in [3.8, 4) is 50.9 Å². The fraction of sp³-hybridized carbons (Fsp3) is 0. The minimum Gasteiger partial charge on any atom is -0.455 e. The molecule has 0 saturated carbocycles. The summed E-state index contributed by atoms with van der Waals surface area (Å²) in [5.41, 5.74) is 9.71. The van der Waals surface area contributed by atoms with Gasteiger partial charge in [-0.15, -0.1) is 0 Å². The van der Waals surface area contributed by atoms with Crippen LogP contribution in [0.1, 0.15) is 0 Å². The molecule has 0 saturated heterocycles. The lowest BCUT2D eigenvalue weighted by atomic mass is 10.1. The van der Waals surface area contributed by atoms with Gasteiger partial charge in [-0.05, 0) is 66.7 Å². The van der Waals surface area contributed by atoms with E-state index in [-0.39, 0.29) is 0 Å². The van der Waals surface area contributed by atoms with Crippen LogP contribution >= 0.6 is 0 Å². The van der Waals surface area contributed by atoms with Gasteiger partial charge in [0.25, 0.3) is 0 Å². The van der Waals surface area contributed by atoms with Crippen molar-refractivity contribution in [2.75, 3.05) is 0 Å². The third-order valence-electron chi connectivity index (χ3n) is 8.42. The van der Waals surface area contributed by atoms with E-state index in [0.29, 0.717) is 5.82 Å². The van der Waals surface area contributed by atoms with E-state index in [1.54, 1.807) is 24.8 Å². The Hall–Kier alpha value is -6.40. The molecule has 0 spiro atoms. The number of para-hydroxylation sites is 1. The maximum atomic E-state index is 6.59. The van der Waals surface area contributed by atoms with E-state index in [2.05, 4.69) is 93.4 Å². The van der Waals surface area contributed by atoms with Crippen molar-refractivity contribution in [1.29, 1.82) is 0 Å². The molecule has 46 heavy (non-hydrogen) atoms. The Balaban J connectivity index is 1.24. The maximum absolute atomic E-state index is 6.59. The Kier molecular flexibility index (Phi) is 6.03. The zero-order valence-corrected chi connectivity index (χ0v) is 24.6. The van der Waals surface area contributed by atoms with Crippen LogP contribution in [0.15, 0.2) is 157 Å². The van der Waals surface area contributed by atoms with Gasteiger partial charge in [0, 0.05) is 63.5 Å². The molecule has 6 heteroatoms. The summed E-state index contributed by atoms with van der Waals surface area (Å²) in [5, 5.41) is 3.32. The predicted octanol–water partition coefficient (Wildman–Crippen LogP) is 9.78. The summed E-state index contributed by atoms with van der Waals surface area (Å²) in [5.74, 6) is 1.50. The van der Waals surface area contributed by atoms with Crippen molar-refractivity contribution in [2.24, 2.45) is 0 Å². The summed E-state index contributed by atoms with van der Waals surface area (Å²) in [7, 11) is 0. The third-order valence-corrected chi connectivity index (χ3v) is 8.42. The van der Waals surface area contributed by atoms with Gasteiger partial charge in [-0.25, -0.2) is 9.97 Å². The molecule has 216 valence electrons. The highest BCUT2D eigenvalue weighted by Crippen LogP contribution is 2.40. The number of fused-ring (bicyclic) bond motifs is 5. The standard InChI is InChI=1S/C40H25N5O/c1-2-7-27(8-3-1)37-24-30-13-14-36-38(39(30)46-37)32-11-4-5-12-35(32)45(36)31-10-6-9-29(23-31)34-25-33(26-15-19-41-20-16-26)43-40(44-34)28-17-21-42-22-18-28/h1-25H. The summed E-state index contributed by atoms with van der Waals surface area (Å²) < 4.78 is 8.90. The quantitative estimate of drug-likeness (QED) is 0.199. The zero-order valence-electron chi connectivity index (χ0n) is 24.6. The van der Waals surface area contributed by atoms with Gasteiger partial charge < -0.3 is 8.98 Å². The first-order valence-electron chi connectivity index (χ1n) is 15.1. The number of hydrogen-bond acceptors (Lipinski definition) is 5. The lowest BCUT2D eigenvalue weighted by Gasteiger charge is -2.12. The number of pyridine rings is 2. The van der Waals surface area contributed by atoms with Gasteiger partial charge in [0.2, 0.25) is 0 Å². The molecule has 9 aromatic rings. The molecule has 0 fully saturated rings. The van der Waals surface area contributed by atoms with E-state index in [4.69, 9.17) is 14.4 Å². The van der Waals surface area contributed by atoms with Crippen LogP contribution in [0.25, 0.3) is 83.7 Å². The van der Waals surface area contributed by atoms with Crippen LogP contribution in [0, 0.1) is 0 Å². The first kappa shape index (κ1) is 26.0. The number of rotatable bonds is 5. The summed E-state index contributed by atoms with van der Waals surface area (Å²) in [6, 6.07) is 43.6. The van der Waals surface area contributed by atoms with E-state index >= 15 is 0 Å². The first-order valence-corrected chi connectivity index (χ1v) is 15.1. The minimum absolute atomic E-state index is 0.642. The van der Waals surface area contributed by atoms with Crippen LogP contribution < -0.4 is 0 Å². The average Bonchev–Trinajstić information content (AvgIpc) is 3.72. The zero-order chi connectivity index (χ0) is 30.5. The van der Waals surface area contributed by atoms with Crippen LogP contribution in [0.3, 0.4) is 0 Å². The second-order valence-electron chi connectivity index (χ2n) is 11.2. The minimum atomic E-state index is 0.642. The molecule has 0 atom stereocenters. The Morgan fingerprint density at radius 2 is 1.20 bits per heavy atom. The van der Waals surface area contributed by atoms with Gasteiger partial charge in [-0.3, -0.25) is 9.97 Å². The molecular formula is C40H25N5O. The van der Waals surface area contributed by atoms with Gasteiger partial charge in [-0.2, -0.15) is 0 Å². The van der Waals surface area contributed by atoms with Crippen molar-refractivity contribution in [3.05, 3.63) is 152 Å². The molecule has 0 amide bonds. The molecular weight excluding hydrogens is 566 g/mol. The summed E-state index contributed by atoms with van der Waals surface area (Å²) in [6.45, 7) is 0. The molecule has 0 unspecified atom stereocenters. The van der Waals surface area contributed by atoms with E-state index in [0.717, 1.165) is 77.9 Å². The Labute approximate surface area is 264 Å². The van der Waals surface area contributed by atoms with E-state index in [1.807, 2.05) is 48.5 Å². The van der Waals surface area contributed by atoms with E-state index in [9.17, 15) is 0 Å². The molecule has 9 rings (SSSR count). The van der Waals surface area contributed by atoms with Crippen molar-refractivity contribution in [2.45, 2.75) is 0 Å². The van der Waals surface area contributed by atoms with Crippen molar-refractivity contribution >= 4 is 32.8 Å². The lowest BCUT2D eigenvalue weighted by molar-refractivity contribution is 0.635. The van der Waals surface area contributed by atoms with E-state index < -0.39 is 0 Å². The summed E-state index contributed by atoms with van der Waals surface area (Å²) in [4.78, 5) is 18.3. The number of benzene rings is 4. The molecule has 0 N–H and O–H groups in total. The number of aromatic nitrogens is 5. The van der Waals surface area contributed by atoms with Crippen molar-refractivity contribution in [1.82, 2.24) is 24.5 Å². The number of furan rings is 1. The molecule has 0 aliphatic heterocycles. The second-order valence-corrected chi connectivity index (χ2v) is 11.2. The smallest absolute Gasteiger partial charge is 0.160 e. The lowest BCUT2D eigenvalue weighted by Crippen LogP contribution is -1.98. The van der Waals surface area contributed by atoms with Gasteiger partial charge in [0.05, 0.1) is 27.8 Å². The highest BCUT2D eigenvalue weighted by atomic mass is 16.3. The number of nitrogens with zero attached hydrogens (tertiary/aromatic N) is 5. The van der Waals surface area contributed by atoms with E-state index in [1.165, 1.54) is 0 Å². The summed E-state index contributed by atoms with van der Waals surface area (Å²) in [6.07, 6.45) is 7.09. The van der Waals surface area contributed by atoms with Crippen LogP contribution in [0.2, 0.25) is 0 Å². The molecule has 0 aliphatic carbocycles. The molecule has 5 aromatic heterocycles. The molecule has 4 aromatic carbocycles. The normalized spacial score (nSPS) is 11.5. The maximum Gasteiger partial charge on any atom is 0.160 e. The largest absolute Gasteiger partial charge is 0.455 e. The molecule has 0 bridgehead atoms. The highest BCUT2D eigenvalue weighted by molar-refractivity contribution is 6.20. The van der Waals surface area contributed by atoms with Gasteiger partial charge in [0.15, 0.2) is 5.82 Å². The topological polar surface area (TPSA) is 69.6 Å². The van der Waals surface area contributed by atoms with Crippen LogP contribution in [-0.2, 0) is 0 Å². The Morgan fingerprint density at radius 3 is 2.00 bits per heavy atom. The fourth-order valence-corrected chi connectivity index (χ4v) is 6.27. The SMILES string of the molecule is c1ccc(-c2cc3ccc4c(c5ccccc5n4-c4cccc(-c5cc(-c6ccncc6)nc(-c6ccncc6)n5)c4)c3o2)cc1.